The van der Waals surface area contributed by atoms with Crippen LogP contribution in [-0.4, -0.2) is 103 Å². The summed E-state index contributed by atoms with van der Waals surface area (Å²) in [5.41, 5.74) is 2.30. The molecule has 0 spiro atoms. The largest absolute Gasteiger partial charge is 0.492 e. The smallest absolute Gasteiger partial charge is 0.297 e. The average molecular weight is 1090 g/mol. The lowest BCUT2D eigenvalue weighted by Gasteiger charge is -2.14. The molecule has 0 radical (unpaired) electrons. The third kappa shape index (κ3) is 13.8. The van der Waals surface area contributed by atoms with E-state index < -0.39 is 29.8 Å². The number of hydrogen-bond acceptors (Lipinski definition) is 14. The number of likely N-dealkylation sites (N-methyl/N-ethyl adjacent to an activating group) is 1. The predicted octanol–water partition coefficient (Wildman–Crippen LogP) is 10.9. The van der Waals surface area contributed by atoms with Gasteiger partial charge in [0.1, 0.15) is 31.3 Å². The molecular formula is C57H68N6O10S3. The fraction of sp³-hybridized carbons (Fsp3) is 0.298. The molecule has 1 aliphatic rings. The summed E-state index contributed by atoms with van der Waals surface area (Å²) in [6, 6.07) is 42.0. The Bertz CT molecular complexity index is 3710. The quantitative estimate of drug-likeness (QED) is 0.0747. The highest BCUT2D eigenvalue weighted by atomic mass is 32.2. The summed E-state index contributed by atoms with van der Waals surface area (Å²) >= 11 is 0. The molecule has 3 heterocycles. The lowest BCUT2D eigenvalue weighted by Crippen LogP contribution is -2.23. The summed E-state index contributed by atoms with van der Waals surface area (Å²) in [5, 5.41) is 12.6. The standard InChI is InChI=1S/C27H24N2O6S2.C23H25N3O3S.C4H8O.C3H8.H3N/c1-19-10-13-22(14-11-19)37(32,33)35-17-16-34-21-12-15-25-24(18-21)27(28-29(25)2)36(30,31)26-9-5-7-20-6-3-4-8-23(20)26;1-4-25(2)14-15-29-18-12-13-21-20(16-18)23(24-26(21)3)30(27,28)22-11-7-9-17-8-5-6-10-19(17)22;1-2-4-5-3-1;1-3-2;/h3-15,18H,16-17H2,1-2H3;5-13,16H,4,14-15H2,1-3H3;1-4H2;3H2,1-2H3;1H3. The van der Waals surface area contributed by atoms with Crippen LogP contribution in [0.3, 0.4) is 0 Å². The lowest BCUT2D eigenvalue weighted by molar-refractivity contribution is 0.198. The summed E-state index contributed by atoms with van der Waals surface area (Å²) in [6.45, 7) is 12.2. The molecule has 0 saturated carbocycles. The Kier molecular flexibility index (Phi) is 20.3. The van der Waals surface area contributed by atoms with Gasteiger partial charge in [-0.2, -0.15) is 18.6 Å². The molecule has 16 nitrogen and oxygen atoms in total. The van der Waals surface area contributed by atoms with Gasteiger partial charge in [-0.1, -0.05) is 118 Å². The Hall–Kier alpha value is -6.71. The Labute approximate surface area is 446 Å². The van der Waals surface area contributed by atoms with Crippen molar-refractivity contribution in [3.05, 3.63) is 151 Å². The van der Waals surface area contributed by atoms with Crippen molar-refractivity contribution in [3.8, 4) is 11.5 Å². The minimum absolute atomic E-state index is 0. The first kappa shape index (κ1) is 58.5. The van der Waals surface area contributed by atoms with Gasteiger partial charge in [-0.05, 0) is 105 Å². The third-order valence-corrected chi connectivity index (χ3v) is 17.0. The Morgan fingerprint density at radius 1 is 0.566 bits per heavy atom. The summed E-state index contributed by atoms with van der Waals surface area (Å²) in [4.78, 5) is 2.65. The second kappa shape index (κ2) is 26.4. The molecule has 404 valence electrons. The molecular weight excluding hydrogens is 1020 g/mol. The highest BCUT2D eigenvalue weighted by Crippen LogP contribution is 2.35. The van der Waals surface area contributed by atoms with Gasteiger partial charge in [0.2, 0.25) is 19.7 Å². The molecule has 0 aliphatic carbocycles. The van der Waals surface area contributed by atoms with Crippen LogP contribution in [-0.2, 0) is 52.8 Å². The number of nitrogens with zero attached hydrogens (tertiary/aromatic N) is 5. The van der Waals surface area contributed by atoms with Crippen LogP contribution in [0.4, 0.5) is 0 Å². The average Bonchev–Trinajstić information content (AvgIpc) is 4.19. The van der Waals surface area contributed by atoms with Gasteiger partial charge in [-0.25, -0.2) is 16.8 Å². The molecule has 19 heteroatoms. The van der Waals surface area contributed by atoms with E-state index in [1.54, 1.807) is 91.6 Å². The highest BCUT2D eigenvalue weighted by Gasteiger charge is 2.29. The van der Waals surface area contributed by atoms with Gasteiger partial charge in [0.05, 0.1) is 25.7 Å². The Morgan fingerprint density at radius 2 is 1.01 bits per heavy atom. The molecule has 76 heavy (non-hydrogen) atoms. The van der Waals surface area contributed by atoms with Crippen LogP contribution < -0.4 is 15.6 Å². The van der Waals surface area contributed by atoms with Crippen molar-refractivity contribution in [1.29, 1.82) is 0 Å². The normalized spacial score (nSPS) is 12.6. The molecule has 1 aliphatic heterocycles. The van der Waals surface area contributed by atoms with Crippen LogP contribution in [0.1, 0.15) is 45.6 Å². The van der Waals surface area contributed by atoms with Crippen molar-refractivity contribution in [1.82, 2.24) is 30.6 Å². The molecule has 3 N–H and O–H groups in total. The first-order valence-electron chi connectivity index (χ1n) is 24.9. The lowest BCUT2D eigenvalue weighted by atomic mass is 10.1. The minimum Gasteiger partial charge on any atom is -0.492 e. The van der Waals surface area contributed by atoms with E-state index in [2.05, 4.69) is 35.9 Å². The van der Waals surface area contributed by atoms with Crippen LogP contribution in [0.15, 0.2) is 170 Å². The van der Waals surface area contributed by atoms with Crippen LogP contribution in [0, 0.1) is 6.92 Å². The van der Waals surface area contributed by atoms with Gasteiger partial charge in [-0.15, -0.1) is 0 Å². The van der Waals surface area contributed by atoms with Crippen molar-refractivity contribution in [2.75, 3.05) is 53.2 Å². The summed E-state index contributed by atoms with van der Waals surface area (Å²) in [7, 11) is -6.23. The van der Waals surface area contributed by atoms with Gasteiger partial charge in [-0.3, -0.25) is 13.5 Å². The number of benzene rings is 7. The topological polar surface area (TPSA) is 213 Å². The van der Waals surface area contributed by atoms with Crippen LogP contribution >= 0.6 is 0 Å². The van der Waals surface area contributed by atoms with E-state index in [9.17, 15) is 25.3 Å². The van der Waals surface area contributed by atoms with E-state index in [1.165, 1.54) is 36.1 Å². The van der Waals surface area contributed by atoms with Gasteiger partial charge in [0.25, 0.3) is 10.1 Å². The first-order chi connectivity index (χ1) is 36.0. The van der Waals surface area contributed by atoms with Crippen molar-refractivity contribution < 1.29 is 43.6 Å². The number of aromatic nitrogens is 4. The summed E-state index contributed by atoms with van der Waals surface area (Å²) in [5.74, 6) is 1.00. The van der Waals surface area contributed by atoms with Crippen LogP contribution in [0.2, 0.25) is 0 Å². The second-order valence-electron chi connectivity index (χ2n) is 17.9. The van der Waals surface area contributed by atoms with Crippen LogP contribution in [0.5, 0.6) is 11.5 Å². The molecule has 0 atom stereocenters. The number of ether oxygens (including phenoxy) is 3. The van der Waals surface area contributed by atoms with E-state index in [1.807, 2.05) is 74.6 Å². The molecule has 10 rings (SSSR count). The molecule has 7 aromatic carbocycles. The number of rotatable bonds is 15. The van der Waals surface area contributed by atoms with Gasteiger partial charge >= 0.3 is 0 Å². The van der Waals surface area contributed by atoms with Crippen molar-refractivity contribution in [3.63, 3.8) is 0 Å². The Balaban J connectivity index is 0.000000216. The van der Waals surface area contributed by atoms with E-state index >= 15 is 0 Å². The number of aryl methyl sites for hydroxylation is 3. The maximum atomic E-state index is 13.7. The van der Waals surface area contributed by atoms with E-state index in [0.717, 1.165) is 48.2 Å². The molecule has 0 unspecified atom stereocenters. The fourth-order valence-corrected chi connectivity index (χ4v) is 12.3. The van der Waals surface area contributed by atoms with Crippen molar-refractivity contribution >= 4 is 73.1 Å². The van der Waals surface area contributed by atoms with Gasteiger partial charge < -0.3 is 25.3 Å². The Morgan fingerprint density at radius 3 is 1.46 bits per heavy atom. The zero-order chi connectivity index (χ0) is 53.8. The van der Waals surface area contributed by atoms with E-state index in [0.29, 0.717) is 45.2 Å². The monoisotopic (exact) mass is 1090 g/mol. The zero-order valence-electron chi connectivity index (χ0n) is 44.2. The maximum absolute atomic E-state index is 13.7. The number of fused-ring (bicyclic) bond motifs is 4. The van der Waals surface area contributed by atoms with Crippen molar-refractivity contribution in [2.24, 2.45) is 14.1 Å². The molecule has 1 saturated heterocycles. The van der Waals surface area contributed by atoms with Gasteiger partial charge in [0, 0.05) is 55.4 Å². The molecule has 9 aromatic rings. The third-order valence-electron chi connectivity index (χ3n) is 12.2. The molecule has 2 aromatic heterocycles. The fourth-order valence-electron chi connectivity index (χ4n) is 8.13. The maximum Gasteiger partial charge on any atom is 0.297 e. The zero-order valence-corrected chi connectivity index (χ0v) is 46.6. The predicted molar refractivity (Wildman–Crippen MR) is 300 cm³/mol. The molecule has 0 amide bonds. The molecule has 1 fully saturated rings. The van der Waals surface area contributed by atoms with E-state index in [-0.39, 0.29) is 44.1 Å². The SMILES string of the molecule is C1CCOC1.CCC.CCN(C)CCOc1ccc2c(c1)c(S(=O)(=O)c1cccc3ccccc13)nn2C.Cc1ccc(S(=O)(=O)OCCOc2ccc3c(c2)c(S(=O)(=O)c2cccc4ccccc24)nn3C)cc1.N. The number of hydrogen-bond donors (Lipinski definition) is 1. The summed E-state index contributed by atoms with van der Waals surface area (Å²) < 4.78 is 104. The second-order valence-corrected chi connectivity index (χ2v) is 23.2. The molecule has 0 bridgehead atoms. The van der Waals surface area contributed by atoms with E-state index in [4.69, 9.17) is 18.4 Å². The van der Waals surface area contributed by atoms with Crippen LogP contribution in [0.25, 0.3) is 43.4 Å². The van der Waals surface area contributed by atoms with Crippen molar-refractivity contribution in [2.45, 2.75) is 71.7 Å². The minimum atomic E-state index is -3.96. The first-order valence-corrected chi connectivity index (χ1v) is 29.2. The van der Waals surface area contributed by atoms with Gasteiger partial charge in [0.15, 0.2) is 10.1 Å². The highest BCUT2D eigenvalue weighted by molar-refractivity contribution is 7.92. The number of sulfone groups is 2. The summed E-state index contributed by atoms with van der Waals surface area (Å²) in [6.07, 6.45) is 3.81.